The van der Waals surface area contributed by atoms with Crippen molar-refractivity contribution in [3.8, 4) is 0 Å². The van der Waals surface area contributed by atoms with Crippen LogP contribution >= 0.6 is 0 Å². The molecule has 0 aromatic carbocycles. The van der Waals surface area contributed by atoms with Gasteiger partial charge in [-0.25, -0.2) is 0 Å². The zero-order valence-corrected chi connectivity index (χ0v) is 12.7. The third-order valence-corrected chi connectivity index (χ3v) is 5.00. The maximum Gasteiger partial charge on any atom is -0.0354 e. The second kappa shape index (κ2) is 7.44. The van der Waals surface area contributed by atoms with Crippen molar-refractivity contribution in [2.24, 2.45) is 17.3 Å². The summed E-state index contributed by atoms with van der Waals surface area (Å²) in [6.45, 7) is 9.88. The summed E-state index contributed by atoms with van der Waals surface area (Å²) in [6.07, 6.45) is 14.5. The van der Waals surface area contributed by atoms with Gasteiger partial charge in [0, 0.05) is 0 Å². The van der Waals surface area contributed by atoms with Gasteiger partial charge in [0.1, 0.15) is 0 Å². The zero-order valence-electron chi connectivity index (χ0n) is 12.7. The predicted octanol–water partition coefficient (Wildman–Crippen LogP) is 6.20. The Kier molecular flexibility index (Phi) is 6.59. The summed E-state index contributed by atoms with van der Waals surface area (Å²) in [7, 11) is 0. The lowest BCUT2D eigenvalue weighted by atomic mass is 9.81. The van der Waals surface area contributed by atoms with Crippen molar-refractivity contribution in [3.63, 3.8) is 0 Å². The van der Waals surface area contributed by atoms with E-state index in [1.165, 1.54) is 64.2 Å². The van der Waals surface area contributed by atoms with E-state index < -0.39 is 0 Å². The summed E-state index contributed by atoms with van der Waals surface area (Å²) < 4.78 is 0. The third kappa shape index (κ3) is 6.48. The highest BCUT2D eigenvalue weighted by Gasteiger charge is 2.18. The first-order valence-corrected chi connectivity index (χ1v) is 8.01. The molecule has 0 aliphatic heterocycles. The Balaban J connectivity index is 2.40. The van der Waals surface area contributed by atoms with Gasteiger partial charge in [-0.1, -0.05) is 79.1 Å². The predicted molar refractivity (Wildman–Crippen MR) is 78.3 cm³/mol. The molecular formula is C17H34. The van der Waals surface area contributed by atoms with Crippen molar-refractivity contribution in [2.75, 3.05) is 0 Å². The Morgan fingerprint density at radius 2 is 1.06 bits per heavy atom. The fourth-order valence-corrected chi connectivity index (χ4v) is 3.19. The zero-order chi connectivity index (χ0) is 12.7. The number of rotatable bonds is 0. The maximum absolute atomic E-state index is 2.47. The van der Waals surface area contributed by atoms with Crippen LogP contribution in [0.4, 0.5) is 0 Å². The molecule has 2 unspecified atom stereocenters. The van der Waals surface area contributed by atoms with Crippen molar-refractivity contribution in [3.05, 3.63) is 0 Å². The summed E-state index contributed by atoms with van der Waals surface area (Å²) in [4.78, 5) is 0. The van der Waals surface area contributed by atoms with Gasteiger partial charge in [0.15, 0.2) is 0 Å². The second-order valence-electron chi connectivity index (χ2n) is 7.32. The van der Waals surface area contributed by atoms with Crippen molar-refractivity contribution < 1.29 is 0 Å². The average molecular weight is 238 g/mol. The Bertz CT molecular complexity index is 192. The van der Waals surface area contributed by atoms with E-state index in [0.717, 1.165) is 11.8 Å². The maximum atomic E-state index is 2.47. The lowest BCUT2D eigenvalue weighted by Gasteiger charge is -2.25. The van der Waals surface area contributed by atoms with E-state index in [2.05, 4.69) is 27.7 Å². The van der Waals surface area contributed by atoms with Crippen LogP contribution in [0.1, 0.15) is 91.9 Å². The molecule has 0 radical (unpaired) electrons. The van der Waals surface area contributed by atoms with E-state index >= 15 is 0 Å². The molecule has 17 heavy (non-hydrogen) atoms. The van der Waals surface area contributed by atoms with Crippen LogP contribution < -0.4 is 0 Å². The van der Waals surface area contributed by atoms with Crippen molar-refractivity contribution >= 4 is 0 Å². The molecule has 1 aliphatic carbocycles. The molecule has 0 aromatic rings. The molecule has 0 heterocycles. The van der Waals surface area contributed by atoms with E-state index in [1.807, 2.05) is 0 Å². The standard InChI is InChI=1S/C17H34/c1-15-11-7-5-6-9-13-17(3,4)14-10-8-12-16(15)2/h15-16H,5-14H2,1-4H3. The number of hydrogen-bond donors (Lipinski definition) is 0. The monoisotopic (exact) mass is 238 g/mol. The van der Waals surface area contributed by atoms with Gasteiger partial charge >= 0.3 is 0 Å². The Labute approximate surface area is 110 Å². The van der Waals surface area contributed by atoms with E-state index in [9.17, 15) is 0 Å². The first kappa shape index (κ1) is 15.1. The van der Waals surface area contributed by atoms with Crippen LogP contribution in [0.2, 0.25) is 0 Å². The average Bonchev–Trinajstić information content (AvgIpc) is 2.28. The molecule has 0 nitrogen and oxygen atoms in total. The van der Waals surface area contributed by atoms with Gasteiger partial charge < -0.3 is 0 Å². The lowest BCUT2D eigenvalue weighted by Crippen LogP contribution is -2.11. The van der Waals surface area contributed by atoms with Gasteiger partial charge in [-0.2, -0.15) is 0 Å². The highest BCUT2D eigenvalue weighted by atomic mass is 14.2. The molecule has 1 rings (SSSR count). The van der Waals surface area contributed by atoms with Crippen molar-refractivity contribution in [1.82, 2.24) is 0 Å². The molecule has 0 saturated heterocycles. The summed E-state index contributed by atoms with van der Waals surface area (Å²) in [5, 5.41) is 0. The van der Waals surface area contributed by atoms with E-state index in [1.54, 1.807) is 0 Å². The first-order valence-electron chi connectivity index (χ1n) is 8.01. The molecule has 0 aromatic heterocycles. The van der Waals surface area contributed by atoms with E-state index in [0.29, 0.717) is 5.41 Å². The summed E-state index contributed by atoms with van der Waals surface area (Å²) in [6, 6.07) is 0. The lowest BCUT2D eigenvalue weighted by molar-refractivity contribution is 0.277. The van der Waals surface area contributed by atoms with Crippen molar-refractivity contribution in [2.45, 2.75) is 91.9 Å². The normalized spacial score (nSPS) is 33.2. The van der Waals surface area contributed by atoms with Crippen LogP contribution in [0, 0.1) is 17.3 Å². The largest absolute Gasteiger partial charge is 0.0623 e. The summed E-state index contributed by atoms with van der Waals surface area (Å²) in [5.41, 5.74) is 0.600. The van der Waals surface area contributed by atoms with Gasteiger partial charge in [-0.05, 0) is 30.1 Å². The van der Waals surface area contributed by atoms with Crippen LogP contribution in [-0.2, 0) is 0 Å². The second-order valence-corrected chi connectivity index (χ2v) is 7.32. The van der Waals surface area contributed by atoms with Gasteiger partial charge in [0.05, 0.1) is 0 Å². The van der Waals surface area contributed by atoms with Crippen molar-refractivity contribution in [1.29, 1.82) is 0 Å². The minimum Gasteiger partial charge on any atom is -0.0623 e. The summed E-state index contributed by atoms with van der Waals surface area (Å²) >= 11 is 0. The topological polar surface area (TPSA) is 0 Å². The van der Waals surface area contributed by atoms with E-state index in [-0.39, 0.29) is 0 Å². The quantitative estimate of drug-likeness (QED) is 0.471. The van der Waals surface area contributed by atoms with Crippen LogP contribution in [0.3, 0.4) is 0 Å². The number of hydrogen-bond acceptors (Lipinski definition) is 0. The minimum atomic E-state index is 0.600. The molecule has 1 saturated carbocycles. The molecule has 0 spiro atoms. The van der Waals surface area contributed by atoms with Gasteiger partial charge in [-0.15, -0.1) is 0 Å². The SMILES string of the molecule is CC1CCCCCCC(C)(C)CCCCC1C. The third-order valence-electron chi connectivity index (χ3n) is 5.00. The smallest absolute Gasteiger partial charge is 0.0354 e. The van der Waals surface area contributed by atoms with Crippen LogP contribution in [0.15, 0.2) is 0 Å². The van der Waals surface area contributed by atoms with E-state index in [4.69, 9.17) is 0 Å². The molecule has 2 atom stereocenters. The Hall–Kier alpha value is 0. The molecule has 0 heteroatoms. The first-order chi connectivity index (χ1) is 8.01. The molecule has 0 bridgehead atoms. The van der Waals surface area contributed by atoms with Gasteiger partial charge in [0.2, 0.25) is 0 Å². The van der Waals surface area contributed by atoms with Gasteiger partial charge in [-0.3, -0.25) is 0 Å². The highest BCUT2D eigenvalue weighted by molar-refractivity contribution is 4.71. The Morgan fingerprint density at radius 1 is 0.647 bits per heavy atom. The molecule has 0 amide bonds. The summed E-state index contributed by atoms with van der Waals surface area (Å²) in [5.74, 6) is 1.89. The Morgan fingerprint density at radius 3 is 1.65 bits per heavy atom. The molecule has 102 valence electrons. The minimum absolute atomic E-state index is 0.600. The highest BCUT2D eigenvalue weighted by Crippen LogP contribution is 2.32. The molecule has 0 N–H and O–H groups in total. The molecule has 1 fully saturated rings. The van der Waals surface area contributed by atoms with Crippen LogP contribution in [0.25, 0.3) is 0 Å². The van der Waals surface area contributed by atoms with Gasteiger partial charge in [0.25, 0.3) is 0 Å². The molecule has 1 aliphatic rings. The van der Waals surface area contributed by atoms with Crippen LogP contribution in [-0.4, -0.2) is 0 Å². The van der Waals surface area contributed by atoms with Crippen LogP contribution in [0.5, 0.6) is 0 Å². The molecular weight excluding hydrogens is 204 g/mol. The fourth-order valence-electron chi connectivity index (χ4n) is 3.19. The fraction of sp³-hybridized carbons (Fsp3) is 1.00.